The van der Waals surface area contributed by atoms with Crippen LogP contribution >= 0.6 is 8.53 Å². The van der Waals surface area contributed by atoms with Gasteiger partial charge in [-0.05, 0) is 115 Å². The lowest BCUT2D eigenvalue weighted by molar-refractivity contribution is -0.143. The van der Waals surface area contributed by atoms with Crippen molar-refractivity contribution in [2.75, 3.05) is 45.9 Å². The number of amides is 2. The number of carbonyl (C=O) groups is 3. The molecule has 8 aromatic rings. The number of ether oxygens (including phenoxy) is 5. The highest BCUT2D eigenvalue weighted by Gasteiger charge is 2.45. The van der Waals surface area contributed by atoms with Crippen LogP contribution in [0.2, 0.25) is 0 Å². The number of benzene rings is 6. The third kappa shape index (κ3) is 14.0. The van der Waals surface area contributed by atoms with Crippen molar-refractivity contribution in [3.05, 3.63) is 207 Å². The van der Waals surface area contributed by atoms with Crippen molar-refractivity contribution >= 4 is 43.4 Å². The predicted octanol–water partition coefficient (Wildman–Crippen LogP) is 11.1. The Labute approximate surface area is 506 Å². The maximum atomic E-state index is 13.7. The van der Waals surface area contributed by atoms with Gasteiger partial charge < -0.3 is 38.0 Å². The molecule has 4 atom stereocenters. The number of aryl methyl sites for hydroxylation is 1. The second-order valence-corrected chi connectivity index (χ2v) is 23.2. The number of methoxy groups -OCH3 is 2. The number of aromatic nitrogens is 4. The van der Waals surface area contributed by atoms with E-state index in [0.29, 0.717) is 23.5 Å². The highest BCUT2D eigenvalue weighted by Crippen LogP contribution is 2.51. The van der Waals surface area contributed by atoms with Gasteiger partial charge in [-0.25, -0.2) is 9.65 Å². The van der Waals surface area contributed by atoms with Gasteiger partial charge >= 0.3 is 5.97 Å². The predicted molar refractivity (Wildman–Crippen MR) is 330 cm³/mol. The quantitative estimate of drug-likeness (QED) is 0.0188. The molecule has 10 rings (SSSR count). The van der Waals surface area contributed by atoms with Crippen LogP contribution in [0.4, 0.5) is 5.95 Å². The van der Waals surface area contributed by atoms with Crippen molar-refractivity contribution in [2.24, 2.45) is 0 Å². The number of hydrogen-bond acceptors (Lipinski definition) is 15. The number of rotatable bonds is 27. The minimum atomic E-state index is -1.77. The molecule has 1 aliphatic heterocycles. The smallest absolute Gasteiger partial charge is 0.306 e. The zero-order chi connectivity index (χ0) is 61.0. The van der Waals surface area contributed by atoms with Crippen LogP contribution in [0.5, 0.6) is 11.5 Å². The zero-order valence-corrected chi connectivity index (χ0v) is 50.4. The van der Waals surface area contributed by atoms with Gasteiger partial charge in [-0.1, -0.05) is 115 Å². The van der Waals surface area contributed by atoms with Crippen LogP contribution in [0, 0.1) is 11.3 Å². The van der Waals surface area contributed by atoms with Gasteiger partial charge in [0.15, 0.2) is 11.2 Å². The lowest BCUT2D eigenvalue weighted by Gasteiger charge is -2.39. The first-order chi connectivity index (χ1) is 42.3. The average Bonchev–Trinajstić information content (AvgIpc) is 1.86. The molecule has 1 aliphatic carbocycles. The minimum Gasteiger partial charge on any atom is -0.497 e. The molecule has 6 aromatic carbocycles. The number of carbonyl (C=O) groups excluding carboxylic acids is 3. The Bertz CT molecular complexity index is 3660. The summed E-state index contributed by atoms with van der Waals surface area (Å²) in [6, 6.07) is 50.9. The molecular formula is C67H71N8O11P. The van der Waals surface area contributed by atoms with Gasteiger partial charge in [-0.2, -0.15) is 10.2 Å². The molecule has 3 heterocycles. The Morgan fingerprint density at radius 1 is 0.793 bits per heavy atom. The van der Waals surface area contributed by atoms with Crippen LogP contribution < -0.4 is 25.7 Å². The first-order valence-corrected chi connectivity index (χ1v) is 30.3. The topological polar surface area (TPSA) is 230 Å². The molecule has 87 heavy (non-hydrogen) atoms. The lowest BCUT2D eigenvalue weighted by atomic mass is 9.80. The number of esters is 1. The number of H-pyrrole nitrogens is 1. The van der Waals surface area contributed by atoms with Crippen molar-refractivity contribution in [1.82, 2.24) is 29.5 Å². The fraction of sp³-hybridized carbons (Fsp3) is 0.328. The maximum absolute atomic E-state index is 13.7. The van der Waals surface area contributed by atoms with Gasteiger partial charge in [0, 0.05) is 49.4 Å². The fourth-order valence-corrected chi connectivity index (χ4v) is 13.1. The maximum Gasteiger partial charge on any atom is 0.306 e. The van der Waals surface area contributed by atoms with Crippen molar-refractivity contribution in [1.29, 1.82) is 5.26 Å². The molecule has 20 heteroatoms. The molecule has 2 amide bonds. The Morgan fingerprint density at radius 2 is 1.40 bits per heavy atom. The summed E-state index contributed by atoms with van der Waals surface area (Å²) in [6.45, 7) is 8.61. The van der Waals surface area contributed by atoms with Crippen molar-refractivity contribution in [3.63, 3.8) is 0 Å². The van der Waals surface area contributed by atoms with Gasteiger partial charge in [0.2, 0.25) is 11.9 Å². The van der Waals surface area contributed by atoms with E-state index in [0.717, 1.165) is 44.5 Å². The molecule has 0 radical (unpaired) electrons. The molecule has 2 aliphatic rings. The molecular weight excluding hydrogens is 1120 g/mol. The van der Waals surface area contributed by atoms with Crippen LogP contribution in [0.25, 0.3) is 22.3 Å². The zero-order valence-electron chi connectivity index (χ0n) is 49.5. The minimum absolute atomic E-state index is 0.00154. The van der Waals surface area contributed by atoms with Crippen molar-refractivity contribution < 1.29 is 47.1 Å². The molecule has 3 N–H and O–H groups in total. The molecule has 0 bridgehead atoms. The van der Waals surface area contributed by atoms with Crippen molar-refractivity contribution in [3.8, 4) is 28.7 Å². The number of nitrogens with one attached hydrogen (secondary N) is 3. The molecule has 1 saturated heterocycles. The van der Waals surface area contributed by atoms with Gasteiger partial charge in [0.25, 0.3) is 20.0 Å². The standard InChI is InChI=1S/C67H71N8O11P/c1-43(2)75(44(3)4)87(84-38-14-36-68)86-57-39-60(85-58(57)41-83-67(47-15-8-7-9-16-47,48-26-30-50(80-5)31-27-48)49-28-32-51(81-6)33-29-49)74-42-70-62-63(74)72-66(73-65(62)79)71-59(76)35-37-69-64(78)46-24-21-45(22-25-46)23-34-61(77)82-40-56-54-19-12-10-17-52(54)53-18-11-13-20-55(53)56/h7-13,15-22,24-33,42-44,56-58,60H,14,23,34-35,37-41H2,1-6H3,(H,69,78)(H2,71,72,73,76,79). The lowest BCUT2D eigenvalue weighted by Crippen LogP contribution is -2.39. The third-order valence-corrected chi connectivity index (χ3v) is 17.7. The normalized spacial score (nSPS) is 15.9. The number of aromatic amines is 1. The Kier molecular flexibility index (Phi) is 20.0. The first kappa shape index (κ1) is 61.5. The molecule has 0 spiro atoms. The highest BCUT2D eigenvalue weighted by molar-refractivity contribution is 7.44. The van der Waals surface area contributed by atoms with Gasteiger partial charge in [-0.3, -0.25) is 34.0 Å². The summed E-state index contributed by atoms with van der Waals surface area (Å²) in [6.07, 6.45) is 0.0704. The molecule has 4 unspecified atom stereocenters. The number of fused-ring (bicyclic) bond motifs is 4. The van der Waals surface area contributed by atoms with Gasteiger partial charge in [-0.15, -0.1) is 0 Å². The van der Waals surface area contributed by atoms with Crippen LogP contribution in [-0.2, 0) is 44.9 Å². The van der Waals surface area contributed by atoms with E-state index < -0.39 is 44.0 Å². The van der Waals surface area contributed by atoms with Gasteiger partial charge in [0.1, 0.15) is 36.0 Å². The van der Waals surface area contributed by atoms with Crippen LogP contribution in [-0.4, -0.2) is 107 Å². The second kappa shape index (κ2) is 28.3. The monoisotopic (exact) mass is 1190 g/mol. The summed E-state index contributed by atoms with van der Waals surface area (Å²) in [7, 11) is 1.46. The number of imidazole rings is 1. The third-order valence-electron chi connectivity index (χ3n) is 15.6. The molecule has 450 valence electrons. The number of hydrogen-bond donors (Lipinski definition) is 3. The first-order valence-electron chi connectivity index (χ1n) is 29.1. The van der Waals surface area contributed by atoms with E-state index in [-0.39, 0.29) is 99.0 Å². The van der Waals surface area contributed by atoms with E-state index in [1.165, 1.54) is 6.33 Å². The summed E-state index contributed by atoms with van der Waals surface area (Å²) >= 11 is 0. The van der Waals surface area contributed by atoms with E-state index in [4.69, 9.17) is 32.7 Å². The number of nitriles is 1. The average molecular weight is 1200 g/mol. The largest absolute Gasteiger partial charge is 0.497 e. The summed E-state index contributed by atoms with van der Waals surface area (Å²) in [5, 5.41) is 15.0. The summed E-state index contributed by atoms with van der Waals surface area (Å²) in [5.41, 5.74) is 6.69. The van der Waals surface area contributed by atoms with Crippen LogP contribution in [0.1, 0.15) is 109 Å². The Morgan fingerprint density at radius 3 is 2.01 bits per heavy atom. The number of anilines is 1. The van der Waals surface area contributed by atoms with E-state index in [9.17, 15) is 24.4 Å². The number of nitrogens with zero attached hydrogens (tertiary/aromatic N) is 5. The van der Waals surface area contributed by atoms with Crippen LogP contribution in [0.15, 0.2) is 163 Å². The Balaban J connectivity index is 0.818. The summed E-state index contributed by atoms with van der Waals surface area (Å²) in [4.78, 5) is 65.0. The van der Waals surface area contributed by atoms with Crippen molar-refractivity contribution in [2.45, 2.75) is 102 Å². The highest BCUT2D eigenvalue weighted by atomic mass is 31.2. The second-order valence-electron chi connectivity index (χ2n) is 21.8. The van der Waals surface area contributed by atoms with E-state index in [2.05, 4.69) is 88.3 Å². The van der Waals surface area contributed by atoms with E-state index in [1.54, 1.807) is 43.1 Å². The SMILES string of the molecule is COc1ccc(C(OCC2OC(n3cnc4c(=O)[nH]c(NC(=O)CCNC(=O)c5ccc(CCC(=O)OCC6c7ccccc7-c7ccccc76)cc5)nc43)CC2OP(OCCC#N)N(C(C)C)C(C)C)(c2ccccc2)c2ccc(OC)cc2)cc1. The molecule has 2 aromatic heterocycles. The summed E-state index contributed by atoms with van der Waals surface area (Å²) in [5.74, 6) is -0.0190. The molecule has 1 fully saturated rings. The summed E-state index contributed by atoms with van der Waals surface area (Å²) < 4.78 is 48.6. The molecule has 0 saturated carbocycles. The van der Waals surface area contributed by atoms with E-state index >= 15 is 0 Å². The molecule has 19 nitrogen and oxygen atoms in total. The van der Waals surface area contributed by atoms with Crippen LogP contribution in [0.3, 0.4) is 0 Å². The van der Waals surface area contributed by atoms with Gasteiger partial charge in [0.05, 0.1) is 52.4 Å². The Hall–Kier alpha value is -8.60. The fourth-order valence-electron chi connectivity index (χ4n) is 11.4. The van der Waals surface area contributed by atoms with E-state index in [1.807, 2.05) is 103 Å².